The molecule has 1 aromatic rings. The minimum absolute atomic E-state index is 0.164. The molecular formula is C13H15FO4. The molecule has 0 saturated carbocycles. The third kappa shape index (κ3) is 3.45. The molecule has 0 bridgehead atoms. The summed E-state index contributed by atoms with van der Waals surface area (Å²) in [5.41, 5.74) is 0.613. The summed E-state index contributed by atoms with van der Waals surface area (Å²) in [5.74, 6) is -1.42. The molecule has 0 aliphatic heterocycles. The van der Waals surface area contributed by atoms with Crippen molar-refractivity contribution in [1.82, 2.24) is 0 Å². The van der Waals surface area contributed by atoms with Crippen LogP contribution in [-0.4, -0.2) is 32.1 Å². The maximum atomic E-state index is 13.3. The van der Waals surface area contributed by atoms with Gasteiger partial charge in [0.15, 0.2) is 11.6 Å². The average molecular weight is 254 g/mol. The Balaban J connectivity index is 2.76. The molecule has 1 rings (SSSR count). The van der Waals surface area contributed by atoms with Crippen LogP contribution in [0.15, 0.2) is 18.2 Å². The van der Waals surface area contributed by atoms with Crippen molar-refractivity contribution in [3.05, 3.63) is 35.1 Å². The van der Waals surface area contributed by atoms with Crippen LogP contribution in [0.2, 0.25) is 0 Å². The molecule has 98 valence electrons. The summed E-state index contributed by atoms with van der Waals surface area (Å²) in [6, 6.07) is 4.11. The average Bonchev–Trinajstić information content (AvgIpc) is 2.34. The zero-order valence-electron chi connectivity index (χ0n) is 10.5. The molecule has 0 aromatic heterocycles. The Hall–Kier alpha value is -1.59. The van der Waals surface area contributed by atoms with Crippen LogP contribution in [0.25, 0.3) is 0 Å². The number of carbonyl (C=O) groups is 2. The number of benzene rings is 1. The fourth-order valence-corrected chi connectivity index (χ4v) is 1.47. The van der Waals surface area contributed by atoms with Gasteiger partial charge in [0, 0.05) is 19.8 Å². The number of carbonyl (C=O) groups excluding carboxylic acids is 2. The van der Waals surface area contributed by atoms with E-state index in [1.165, 1.54) is 26.4 Å². The van der Waals surface area contributed by atoms with Gasteiger partial charge in [0.1, 0.15) is 5.82 Å². The van der Waals surface area contributed by atoms with E-state index in [1.807, 2.05) is 0 Å². The molecular weight excluding hydrogens is 239 g/mol. The van der Waals surface area contributed by atoms with Crippen LogP contribution >= 0.6 is 0 Å². The molecule has 0 fully saturated rings. The van der Waals surface area contributed by atoms with E-state index in [0.717, 1.165) is 6.07 Å². The maximum absolute atomic E-state index is 13.3. The molecule has 0 aliphatic rings. The van der Waals surface area contributed by atoms with Gasteiger partial charge >= 0.3 is 0 Å². The summed E-state index contributed by atoms with van der Waals surface area (Å²) in [6.07, 6.45) is -1.45. The zero-order chi connectivity index (χ0) is 13.7. The van der Waals surface area contributed by atoms with E-state index in [-0.39, 0.29) is 12.0 Å². The van der Waals surface area contributed by atoms with Gasteiger partial charge in [-0.05, 0) is 18.6 Å². The zero-order valence-corrected chi connectivity index (χ0v) is 10.5. The third-order valence-corrected chi connectivity index (χ3v) is 2.52. The lowest BCUT2D eigenvalue weighted by Gasteiger charge is -2.11. The summed E-state index contributed by atoms with van der Waals surface area (Å²) in [4.78, 5) is 23.3. The quantitative estimate of drug-likeness (QED) is 0.442. The van der Waals surface area contributed by atoms with Gasteiger partial charge in [0.2, 0.25) is 6.29 Å². The van der Waals surface area contributed by atoms with Crippen LogP contribution in [0.3, 0.4) is 0 Å². The fourth-order valence-electron chi connectivity index (χ4n) is 1.47. The monoisotopic (exact) mass is 254 g/mol. The highest BCUT2D eigenvalue weighted by molar-refractivity contribution is 6.08. The maximum Gasteiger partial charge on any atom is 0.217 e. The van der Waals surface area contributed by atoms with E-state index in [4.69, 9.17) is 9.47 Å². The fraction of sp³-hybridized carbons (Fsp3) is 0.385. The van der Waals surface area contributed by atoms with Gasteiger partial charge in [0.25, 0.3) is 0 Å². The van der Waals surface area contributed by atoms with Gasteiger partial charge in [-0.3, -0.25) is 9.59 Å². The second kappa shape index (κ2) is 6.37. The van der Waals surface area contributed by atoms with Crippen molar-refractivity contribution in [2.45, 2.75) is 19.6 Å². The summed E-state index contributed by atoms with van der Waals surface area (Å²) in [5, 5.41) is 0. The smallest absolute Gasteiger partial charge is 0.217 e. The molecule has 0 radical (unpaired) electrons. The van der Waals surface area contributed by atoms with Crippen LogP contribution in [0.1, 0.15) is 22.3 Å². The molecule has 0 aliphatic carbocycles. The van der Waals surface area contributed by atoms with E-state index in [2.05, 4.69) is 0 Å². The molecule has 18 heavy (non-hydrogen) atoms. The molecule has 0 unspecified atom stereocenters. The Morgan fingerprint density at radius 2 is 1.89 bits per heavy atom. The molecule has 4 nitrogen and oxygen atoms in total. The number of ketones is 2. The first kappa shape index (κ1) is 14.5. The van der Waals surface area contributed by atoms with Gasteiger partial charge in [-0.1, -0.05) is 12.1 Å². The van der Waals surface area contributed by atoms with Crippen molar-refractivity contribution < 1.29 is 23.5 Å². The van der Waals surface area contributed by atoms with Crippen LogP contribution in [0, 0.1) is 12.7 Å². The van der Waals surface area contributed by atoms with Gasteiger partial charge < -0.3 is 9.47 Å². The van der Waals surface area contributed by atoms with Crippen LogP contribution in [-0.2, 0) is 14.3 Å². The number of methoxy groups -OCH3 is 2. The number of aryl methyl sites for hydroxylation is 1. The predicted octanol–water partition coefficient (Wildman–Crippen LogP) is 1.89. The molecule has 0 heterocycles. The lowest BCUT2D eigenvalue weighted by atomic mass is 10.0. The molecule has 1 aromatic carbocycles. The van der Waals surface area contributed by atoms with Gasteiger partial charge in [-0.15, -0.1) is 0 Å². The topological polar surface area (TPSA) is 52.6 Å². The second-order valence-corrected chi connectivity index (χ2v) is 3.83. The SMILES string of the molecule is COC(OC)C(=O)CC(=O)c1ccc(C)c(F)c1. The van der Waals surface area contributed by atoms with E-state index in [9.17, 15) is 14.0 Å². The van der Waals surface area contributed by atoms with Crippen LogP contribution < -0.4 is 0 Å². The Bertz CT molecular complexity index is 452. The van der Waals surface area contributed by atoms with Crippen LogP contribution in [0.4, 0.5) is 4.39 Å². The first-order chi connectivity index (χ1) is 8.49. The highest BCUT2D eigenvalue weighted by atomic mass is 19.1. The highest BCUT2D eigenvalue weighted by Gasteiger charge is 2.21. The molecule has 0 saturated heterocycles. The molecule has 0 atom stereocenters. The standard InChI is InChI=1S/C13H15FO4/c1-8-4-5-9(6-10(8)14)11(15)7-12(16)13(17-2)18-3/h4-6,13H,7H2,1-3H3. The first-order valence-corrected chi connectivity index (χ1v) is 5.37. The second-order valence-electron chi connectivity index (χ2n) is 3.83. The number of hydrogen-bond acceptors (Lipinski definition) is 4. The number of halogens is 1. The summed E-state index contributed by atoms with van der Waals surface area (Å²) >= 11 is 0. The van der Waals surface area contributed by atoms with E-state index >= 15 is 0 Å². The highest BCUT2D eigenvalue weighted by Crippen LogP contribution is 2.12. The van der Waals surface area contributed by atoms with Gasteiger partial charge in [0.05, 0.1) is 6.42 Å². The van der Waals surface area contributed by atoms with Gasteiger partial charge in [-0.25, -0.2) is 4.39 Å². The lowest BCUT2D eigenvalue weighted by molar-refractivity contribution is -0.155. The largest absolute Gasteiger partial charge is 0.349 e. The van der Waals surface area contributed by atoms with E-state index < -0.39 is 23.7 Å². The summed E-state index contributed by atoms with van der Waals surface area (Å²) in [6.45, 7) is 1.60. The van der Waals surface area contributed by atoms with Crippen molar-refractivity contribution in [3.8, 4) is 0 Å². The normalized spacial score (nSPS) is 10.7. The third-order valence-electron chi connectivity index (χ3n) is 2.52. The number of Topliss-reactive ketones (excluding diaryl/α,β-unsaturated/α-hetero) is 2. The Morgan fingerprint density at radius 1 is 1.28 bits per heavy atom. The van der Waals surface area contributed by atoms with Crippen LogP contribution in [0.5, 0.6) is 0 Å². The molecule has 0 spiro atoms. The predicted molar refractivity (Wildman–Crippen MR) is 62.9 cm³/mol. The number of hydrogen-bond donors (Lipinski definition) is 0. The minimum atomic E-state index is -1.07. The number of rotatable bonds is 6. The van der Waals surface area contributed by atoms with E-state index in [1.54, 1.807) is 6.92 Å². The number of ether oxygens (including phenoxy) is 2. The lowest BCUT2D eigenvalue weighted by Crippen LogP contribution is -2.27. The van der Waals surface area contributed by atoms with Crippen molar-refractivity contribution >= 4 is 11.6 Å². The van der Waals surface area contributed by atoms with Crippen molar-refractivity contribution in [2.24, 2.45) is 0 Å². The van der Waals surface area contributed by atoms with Crippen molar-refractivity contribution in [1.29, 1.82) is 0 Å². The molecule has 0 N–H and O–H groups in total. The Labute approximate surface area is 105 Å². The summed E-state index contributed by atoms with van der Waals surface area (Å²) < 4.78 is 22.8. The minimum Gasteiger partial charge on any atom is -0.349 e. The summed E-state index contributed by atoms with van der Waals surface area (Å²) in [7, 11) is 2.62. The van der Waals surface area contributed by atoms with Crippen molar-refractivity contribution in [2.75, 3.05) is 14.2 Å². The van der Waals surface area contributed by atoms with Gasteiger partial charge in [-0.2, -0.15) is 0 Å². The van der Waals surface area contributed by atoms with Crippen molar-refractivity contribution in [3.63, 3.8) is 0 Å². The molecule has 0 amide bonds. The Morgan fingerprint density at radius 3 is 2.39 bits per heavy atom. The first-order valence-electron chi connectivity index (χ1n) is 5.37. The van der Waals surface area contributed by atoms with E-state index in [0.29, 0.717) is 5.56 Å². The molecule has 5 heteroatoms. The Kier molecular flexibility index (Phi) is 5.12.